The third-order valence-electron chi connectivity index (χ3n) is 2.47. The highest BCUT2D eigenvalue weighted by Crippen LogP contribution is 2.32. The third-order valence-corrected chi connectivity index (χ3v) is 2.47. The SMILES string of the molecule is N[C@H](C[C@@H](O)c1c(F)c(F)c(F)c(F)c1F)C(F)(F)F. The lowest BCUT2D eigenvalue weighted by molar-refractivity contribution is -0.154. The molecule has 1 aromatic carbocycles. The van der Waals surface area contributed by atoms with Crippen LogP contribution in [-0.2, 0) is 0 Å². The molecule has 0 unspecified atom stereocenters. The van der Waals surface area contributed by atoms with Gasteiger partial charge in [0.2, 0.25) is 5.82 Å². The zero-order valence-corrected chi connectivity index (χ0v) is 9.41. The summed E-state index contributed by atoms with van der Waals surface area (Å²) in [4.78, 5) is 0. The second-order valence-electron chi connectivity index (χ2n) is 3.88. The molecule has 0 saturated carbocycles. The summed E-state index contributed by atoms with van der Waals surface area (Å²) in [7, 11) is 0. The van der Waals surface area contributed by atoms with Crippen molar-refractivity contribution in [2.75, 3.05) is 0 Å². The molecule has 10 heteroatoms. The fraction of sp³-hybridized carbons (Fsp3) is 0.400. The van der Waals surface area contributed by atoms with Gasteiger partial charge in [0.25, 0.3) is 0 Å². The smallest absolute Gasteiger partial charge is 0.388 e. The minimum atomic E-state index is -4.99. The maximum Gasteiger partial charge on any atom is 0.403 e. The molecule has 0 spiro atoms. The molecule has 0 amide bonds. The number of benzene rings is 1. The molecule has 0 aromatic heterocycles. The molecule has 0 fully saturated rings. The van der Waals surface area contributed by atoms with Crippen molar-refractivity contribution in [3.8, 4) is 0 Å². The fourth-order valence-corrected chi connectivity index (χ4v) is 1.41. The van der Waals surface area contributed by atoms with Gasteiger partial charge >= 0.3 is 6.18 Å². The van der Waals surface area contributed by atoms with Gasteiger partial charge in [0.05, 0.1) is 11.7 Å². The zero-order valence-electron chi connectivity index (χ0n) is 9.41. The lowest BCUT2D eigenvalue weighted by Crippen LogP contribution is -2.38. The first-order valence-electron chi connectivity index (χ1n) is 5.00. The molecule has 0 radical (unpaired) electrons. The molecule has 20 heavy (non-hydrogen) atoms. The van der Waals surface area contributed by atoms with Crippen LogP contribution in [0.15, 0.2) is 0 Å². The van der Waals surface area contributed by atoms with Crippen LogP contribution in [0.2, 0.25) is 0 Å². The van der Waals surface area contributed by atoms with Gasteiger partial charge in [-0.15, -0.1) is 0 Å². The van der Waals surface area contributed by atoms with E-state index in [0.717, 1.165) is 0 Å². The Balaban J connectivity index is 3.21. The van der Waals surface area contributed by atoms with Crippen LogP contribution < -0.4 is 5.73 Å². The summed E-state index contributed by atoms with van der Waals surface area (Å²) in [6.07, 6.45) is -9.05. The van der Waals surface area contributed by atoms with E-state index in [1.165, 1.54) is 0 Å². The average molecular weight is 309 g/mol. The van der Waals surface area contributed by atoms with Gasteiger partial charge in [-0.05, 0) is 0 Å². The number of halogens is 8. The molecule has 0 aliphatic carbocycles. The van der Waals surface area contributed by atoms with E-state index >= 15 is 0 Å². The average Bonchev–Trinajstić information content (AvgIpc) is 2.33. The van der Waals surface area contributed by atoms with Crippen molar-refractivity contribution in [1.82, 2.24) is 0 Å². The summed E-state index contributed by atoms with van der Waals surface area (Å²) in [6, 6.07) is -2.69. The summed E-state index contributed by atoms with van der Waals surface area (Å²) < 4.78 is 101. The number of rotatable bonds is 3. The Bertz CT molecular complexity index is 486. The molecular formula is C10H7F8NO. The van der Waals surface area contributed by atoms with E-state index in [-0.39, 0.29) is 0 Å². The highest BCUT2D eigenvalue weighted by atomic mass is 19.4. The Labute approximate surface area is 106 Å². The zero-order chi connectivity index (χ0) is 15.8. The number of alkyl halides is 3. The van der Waals surface area contributed by atoms with E-state index in [1.54, 1.807) is 0 Å². The first-order valence-corrected chi connectivity index (χ1v) is 5.00. The summed E-state index contributed by atoms with van der Waals surface area (Å²) in [5, 5.41) is 9.24. The quantitative estimate of drug-likeness (QED) is 0.512. The van der Waals surface area contributed by atoms with E-state index in [4.69, 9.17) is 0 Å². The van der Waals surface area contributed by atoms with Crippen molar-refractivity contribution in [2.45, 2.75) is 24.7 Å². The minimum absolute atomic E-state index is 1.46. The number of hydrogen-bond donors (Lipinski definition) is 2. The largest absolute Gasteiger partial charge is 0.403 e. The Hall–Kier alpha value is -1.42. The van der Waals surface area contributed by atoms with Gasteiger partial charge in [-0.1, -0.05) is 0 Å². The summed E-state index contributed by atoms with van der Waals surface area (Å²) in [5.41, 5.74) is 2.85. The molecular weight excluding hydrogens is 302 g/mol. The summed E-state index contributed by atoms with van der Waals surface area (Å²) >= 11 is 0. The van der Waals surface area contributed by atoms with Gasteiger partial charge in [-0.3, -0.25) is 0 Å². The van der Waals surface area contributed by atoms with Crippen molar-refractivity contribution >= 4 is 0 Å². The van der Waals surface area contributed by atoms with Crippen molar-refractivity contribution in [1.29, 1.82) is 0 Å². The molecule has 0 aliphatic rings. The first-order chi connectivity index (χ1) is 8.98. The third kappa shape index (κ3) is 3.01. The highest BCUT2D eigenvalue weighted by Gasteiger charge is 2.40. The van der Waals surface area contributed by atoms with E-state index < -0.39 is 59.4 Å². The van der Waals surface area contributed by atoms with Crippen LogP contribution in [0.25, 0.3) is 0 Å². The molecule has 0 bridgehead atoms. The van der Waals surface area contributed by atoms with Gasteiger partial charge in [-0.2, -0.15) is 13.2 Å². The Morgan fingerprint density at radius 3 is 1.55 bits per heavy atom. The maximum atomic E-state index is 13.2. The molecule has 2 atom stereocenters. The summed E-state index contributed by atoms with van der Waals surface area (Å²) in [5.74, 6) is -12.0. The van der Waals surface area contributed by atoms with Crippen molar-refractivity contribution in [3.63, 3.8) is 0 Å². The molecule has 114 valence electrons. The van der Waals surface area contributed by atoms with Crippen molar-refractivity contribution in [3.05, 3.63) is 34.6 Å². The van der Waals surface area contributed by atoms with Gasteiger partial charge < -0.3 is 10.8 Å². The number of hydrogen-bond acceptors (Lipinski definition) is 2. The maximum absolute atomic E-state index is 13.2. The van der Waals surface area contributed by atoms with E-state index in [0.29, 0.717) is 0 Å². The van der Waals surface area contributed by atoms with Crippen LogP contribution in [0.5, 0.6) is 0 Å². The Morgan fingerprint density at radius 2 is 1.20 bits per heavy atom. The van der Waals surface area contributed by atoms with Crippen LogP contribution in [0, 0.1) is 29.1 Å². The number of nitrogens with two attached hydrogens (primary N) is 1. The van der Waals surface area contributed by atoms with Crippen LogP contribution >= 0.6 is 0 Å². The van der Waals surface area contributed by atoms with Gasteiger partial charge in [-0.25, -0.2) is 22.0 Å². The van der Waals surface area contributed by atoms with Gasteiger partial charge in [0, 0.05) is 6.42 Å². The first kappa shape index (κ1) is 16.6. The standard InChI is InChI=1S/C10H7F8NO/c11-5-4(2(20)1-3(19)10(16,17)18)6(12)8(14)9(15)7(5)13/h2-3,20H,1,19H2/t2-,3-/m1/s1. The predicted molar refractivity (Wildman–Crippen MR) is 49.8 cm³/mol. The molecule has 3 N–H and O–H groups in total. The van der Waals surface area contributed by atoms with Gasteiger partial charge in [0.1, 0.15) is 6.04 Å². The van der Waals surface area contributed by atoms with Crippen molar-refractivity contribution in [2.24, 2.45) is 5.73 Å². The molecule has 0 saturated heterocycles. The number of aliphatic hydroxyl groups is 1. The topological polar surface area (TPSA) is 46.2 Å². The lowest BCUT2D eigenvalue weighted by atomic mass is 10.0. The van der Waals surface area contributed by atoms with E-state index in [9.17, 15) is 40.2 Å². The fourth-order valence-electron chi connectivity index (χ4n) is 1.41. The molecule has 1 rings (SSSR count). The van der Waals surface area contributed by atoms with Crippen LogP contribution in [0.4, 0.5) is 35.1 Å². The summed E-state index contributed by atoms with van der Waals surface area (Å²) in [6.45, 7) is 0. The van der Waals surface area contributed by atoms with Gasteiger partial charge in [0.15, 0.2) is 23.3 Å². The molecule has 2 nitrogen and oxygen atoms in total. The Morgan fingerprint density at radius 1 is 0.850 bits per heavy atom. The molecule has 0 heterocycles. The molecule has 1 aromatic rings. The second kappa shape index (κ2) is 5.52. The number of aliphatic hydroxyl groups excluding tert-OH is 1. The normalized spacial score (nSPS) is 15.3. The monoisotopic (exact) mass is 309 g/mol. The van der Waals surface area contributed by atoms with E-state index in [1.807, 2.05) is 0 Å². The van der Waals surface area contributed by atoms with Crippen molar-refractivity contribution < 1.29 is 40.2 Å². The van der Waals surface area contributed by atoms with Crippen LogP contribution in [0.3, 0.4) is 0 Å². The second-order valence-corrected chi connectivity index (χ2v) is 3.88. The minimum Gasteiger partial charge on any atom is -0.388 e. The predicted octanol–water partition coefficient (Wildman–Crippen LogP) is 2.70. The highest BCUT2D eigenvalue weighted by molar-refractivity contribution is 5.26. The van der Waals surface area contributed by atoms with E-state index in [2.05, 4.69) is 5.73 Å². The Kier molecular flexibility index (Phi) is 4.59. The molecule has 0 aliphatic heterocycles. The lowest BCUT2D eigenvalue weighted by Gasteiger charge is -2.20. The van der Waals surface area contributed by atoms with Crippen LogP contribution in [0.1, 0.15) is 18.1 Å². The van der Waals surface area contributed by atoms with Crippen LogP contribution in [-0.4, -0.2) is 17.3 Å².